The lowest BCUT2D eigenvalue weighted by Gasteiger charge is -2.35. The maximum atomic E-state index is 12.6. The summed E-state index contributed by atoms with van der Waals surface area (Å²) >= 11 is 0. The summed E-state index contributed by atoms with van der Waals surface area (Å²) in [6, 6.07) is 14.2. The molecule has 0 amide bonds. The number of piperazine rings is 1. The molecule has 8 heteroatoms. The molecule has 0 unspecified atom stereocenters. The summed E-state index contributed by atoms with van der Waals surface area (Å²) in [5.41, 5.74) is 2.36. The van der Waals surface area contributed by atoms with E-state index in [0.29, 0.717) is 31.7 Å². The molecule has 1 fully saturated rings. The van der Waals surface area contributed by atoms with Crippen molar-refractivity contribution in [3.8, 4) is 0 Å². The van der Waals surface area contributed by atoms with Crippen LogP contribution in [0.5, 0.6) is 0 Å². The average molecular weight is 375 g/mol. The van der Waals surface area contributed by atoms with Crippen LogP contribution in [0.25, 0.3) is 0 Å². The molecule has 1 aliphatic rings. The number of nitro groups is 1. The van der Waals surface area contributed by atoms with Gasteiger partial charge in [0.1, 0.15) is 0 Å². The smallest absolute Gasteiger partial charge is 0.272 e. The van der Waals surface area contributed by atoms with E-state index in [9.17, 15) is 18.5 Å². The number of sulfonamides is 1. The summed E-state index contributed by atoms with van der Waals surface area (Å²) in [6.45, 7) is 3.65. The third-order valence-corrected chi connectivity index (χ3v) is 6.42. The van der Waals surface area contributed by atoms with Gasteiger partial charge in [0.15, 0.2) is 0 Å². The zero-order chi connectivity index (χ0) is 18.7. The van der Waals surface area contributed by atoms with E-state index in [1.165, 1.54) is 10.4 Å². The molecule has 0 spiro atoms. The van der Waals surface area contributed by atoms with Crippen LogP contribution in [0.3, 0.4) is 0 Å². The average Bonchev–Trinajstić information content (AvgIpc) is 2.62. The van der Waals surface area contributed by atoms with Crippen molar-refractivity contribution in [2.75, 3.05) is 31.1 Å². The van der Waals surface area contributed by atoms with Gasteiger partial charge in [-0.3, -0.25) is 10.1 Å². The van der Waals surface area contributed by atoms with Crippen molar-refractivity contribution in [2.45, 2.75) is 12.7 Å². The van der Waals surface area contributed by atoms with Gasteiger partial charge in [-0.05, 0) is 24.6 Å². The monoisotopic (exact) mass is 375 g/mol. The van der Waals surface area contributed by atoms with Gasteiger partial charge in [0.05, 0.1) is 10.7 Å². The number of nitro benzene ring substituents is 1. The summed E-state index contributed by atoms with van der Waals surface area (Å²) in [5.74, 6) is 0.00444. The normalized spacial score (nSPS) is 15.8. The Labute approximate surface area is 153 Å². The fourth-order valence-electron chi connectivity index (χ4n) is 3.14. The van der Waals surface area contributed by atoms with Gasteiger partial charge in [-0.15, -0.1) is 0 Å². The van der Waals surface area contributed by atoms with Crippen LogP contribution in [0.1, 0.15) is 11.1 Å². The molecular formula is C18H21N3O4S. The quantitative estimate of drug-likeness (QED) is 0.592. The van der Waals surface area contributed by atoms with Crippen molar-refractivity contribution in [1.29, 1.82) is 0 Å². The standard InChI is InChI=1S/C18H21N3O4S/c1-15-13-17(7-8-18(15)21(22)23)19-9-11-20(12-10-19)26(24,25)14-16-5-3-2-4-6-16/h2-8,13H,9-12,14H2,1H3. The molecule has 3 rings (SSSR count). The molecule has 1 heterocycles. The molecule has 0 bridgehead atoms. The van der Waals surface area contributed by atoms with Gasteiger partial charge in [0.2, 0.25) is 10.0 Å². The van der Waals surface area contributed by atoms with Crippen LogP contribution in [0.2, 0.25) is 0 Å². The predicted molar refractivity (Wildman–Crippen MR) is 101 cm³/mol. The molecule has 26 heavy (non-hydrogen) atoms. The summed E-state index contributed by atoms with van der Waals surface area (Å²) in [6.07, 6.45) is 0. The minimum absolute atomic E-state index is 0.00444. The molecule has 0 N–H and O–H groups in total. The van der Waals surface area contributed by atoms with Crippen LogP contribution in [0.4, 0.5) is 11.4 Å². The zero-order valence-electron chi connectivity index (χ0n) is 14.5. The zero-order valence-corrected chi connectivity index (χ0v) is 15.4. The number of hydrogen-bond acceptors (Lipinski definition) is 5. The van der Waals surface area contributed by atoms with Crippen LogP contribution in [0.15, 0.2) is 48.5 Å². The van der Waals surface area contributed by atoms with Gasteiger partial charge in [-0.1, -0.05) is 30.3 Å². The Hall–Kier alpha value is -2.45. The molecule has 2 aromatic rings. The molecule has 1 saturated heterocycles. The second kappa shape index (κ2) is 7.43. The number of aryl methyl sites for hydroxylation is 1. The SMILES string of the molecule is Cc1cc(N2CCN(S(=O)(=O)Cc3ccccc3)CC2)ccc1[N+](=O)[O-]. The van der Waals surface area contributed by atoms with Gasteiger partial charge in [-0.2, -0.15) is 4.31 Å². The van der Waals surface area contributed by atoms with Crippen LogP contribution in [-0.2, 0) is 15.8 Å². The first-order chi connectivity index (χ1) is 12.4. The number of benzene rings is 2. The maximum Gasteiger partial charge on any atom is 0.272 e. The highest BCUT2D eigenvalue weighted by Crippen LogP contribution is 2.25. The number of anilines is 1. The summed E-state index contributed by atoms with van der Waals surface area (Å²) in [7, 11) is -3.35. The minimum Gasteiger partial charge on any atom is -0.369 e. The Morgan fingerprint density at radius 2 is 1.69 bits per heavy atom. The van der Waals surface area contributed by atoms with E-state index < -0.39 is 14.9 Å². The lowest BCUT2D eigenvalue weighted by molar-refractivity contribution is -0.385. The molecule has 0 radical (unpaired) electrons. The molecule has 0 aromatic heterocycles. The maximum absolute atomic E-state index is 12.6. The predicted octanol–water partition coefficient (Wildman–Crippen LogP) is 2.56. The van der Waals surface area contributed by atoms with Crippen LogP contribution >= 0.6 is 0 Å². The van der Waals surface area contributed by atoms with Gasteiger partial charge in [0.25, 0.3) is 5.69 Å². The first-order valence-corrected chi connectivity index (χ1v) is 9.99. The van der Waals surface area contributed by atoms with Crippen LogP contribution in [0, 0.1) is 17.0 Å². The largest absolute Gasteiger partial charge is 0.369 e. The molecule has 0 saturated carbocycles. The summed E-state index contributed by atoms with van der Waals surface area (Å²) < 4.78 is 26.7. The first kappa shape index (κ1) is 18.3. The van der Waals surface area contributed by atoms with Gasteiger partial charge < -0.3 is 4.90 Å². The third-order valence-electron chi connectivity index (χ3n) is 4.57. The third kappa shape index (κ3) is 4.03. The van der Waals surface area contributed by atoms with Crippen molar-refractivity contribution in [3.05, 3.63) is 69.8 Å². The first-order valence-electron chi connectivity index (χ1n) is 8.38. The highest BCUT2D eigenvalue weighted by Gasteiger charge is 2.27. The fourth-order valence-corrected chi connectivity index (χ4v) is 4.66. The minimum atomic E-state index is -3.35. The molecule has 1 aliphatic heterocycles. The van der Waals surface area contributed by atoms with Crippen molar-refractivity contribution in [1.82, 2.24) is 4.31 Å². The van der Waals surface area contributed by atoms with E-state index in [1.54, 1.807) is 19.1 Å². The Morgan fingerprint density at radius 1 is 1.04 bits per heavy atom. The number of rotatable bonds is 5. The Kier molecular flexibility index (Phi) is 5.24. The fraction of sp³-hybridized carbons (Fsp3) is 0.333. The second-order valence-electron chi connectivity index (χ2n) is 6.36. The highest BCUT2D eigenvalue weighted by molar-refractivity contribution is 7.88. The van der Waals surface area contributed by atoms with E-state index in [4.69, 9.17) is 0 Å². The lowest BCUT2D eigenvalue weighted by Crippen LogP contribution is -2.49. The van der Waals surface area contributed by atoms with E-state index >= 15 is 0 Å². The lowest BCUT2D eigenvalue weighted by atomic mass is 10.1. The molecular weight excluding hydrogens is 354 g/mol. The van der Waals surface area contributed by atoms with E-state index in [1.807, 2.05) is 30.3 Å². The van der Waals surface area contributed by atoms with Crippen LogP contribution in [-0.4, -0.2) is 43.8 Å². The van der Waals surface area contributed by atoms with Gasteiger partial charge >= 0.3 is 0 Å². The van der Waals surface area contributed by atoms with E-state index in [2.05, 4.69) is 4.90 Å². The Bertz CT molecular complexity index is 892. The number of nitrogens with zero attached hydrogens (tertiary/aromatic N) is 3. The van der Waals surface area contributed by atoms with Crippen molar-refractivity contribution >= 4 is 21.4 Å². The summed E-state index contributed by atoms with van der Waals surface area (Å²) in [4.78, 5) is 12.6. The summed E-state index contributed by atoms with van der Waals surface area (Å²) in [5, 5.41) is 10.9. The molecule has 2 aromatic carbocycles. The molecule has 0 aliphatic carbocycles. The van der Waals surface area contributed by atoms with Crippen molar-refractivity contribution < 1.29 is 13.3 Å². The molecule has 7 nitrogen and oxygen atoms in total. The van der Waals surface area contributed by atoms with Gasteiger partial charge in [-0.25, -0.2) is 8.42 Å². The topological polar surface area (TPSA) is 83.8 Å². The number of hydrogen-bond donors (Lipinski definition) is 0. The van der Waals surface area contributed by atoms with E-state index in [-0.39, 0.29) is 11.4 Å². The van der Waals surface area contributed by atoms with Crippen molar-refractivity contribution in [2.24, 2.45) is 0 Å². The molecule has 138 valence electrons. The van der Waals surface area contributed by atoms with Gasteiger partial charge in [0, 0.05) is 43.5 Å². The second-order valence-corrected chi connectivity index (χ2v) is 8.32. The highest BCUT2D eigenvalue weighted by atomic mass is 32.2. The van der Waals surface area contributed by atoms with Crippen molar-refractivity contribution in [3.63, 3.8) is 0 Å². The Balaban J connectivity index is 1.65. The van der Waals surface area contributed by atoms with Crippen LogP contribution < -0.4 is 4.90 Å². The van der Waals surface area contributed by atoms with E-state index in [0.717, 1.165) is 11.3 Å². The molecule has 0 atom stereocenters. The Morgan fingerprint density at radius 3 is 2.27 bits per heavy atom.